The molecule has 30 heavy (non-hydrogen) atoms. The second kappa shape index (κ2) is 30.2. The van der Waals surface area contributed by atoms with Gasteiger partial charge in [0.25, 0.3) is 0 Å². The molecule has 180 valence electrons. The standard InChI is InChI=1S/C16H32.C10H18.C2H6.C2H4/c1-5-8-9-13-16(7-3)14-11-10-12-15(4)6-2;1-5-6-7-8-9-10(2,3)4;2*1-2/h8-9,15-16H,5-7,10-14H2,1-4H3;5,8-9H,1,6-7H2,2-4H3;1-2H3;1-2H2/b2*9-8+;;. The van der Waals surface area contributed by atoms with Gasteiger partial charge < -0.3 is 0 Å². The van der Waals surface area contributed by atoms with Crippen molar-refractivity contribution in [1.29, 1.82) is 0 Å². The fraction of sp³-hybridized carbons (Fsp3) is 0.733. The minimum absolute atomic E-state index is 0.334. The van der Waals surface area contributed by atoms with Crippen LogP contribution in [-0.2, 0) is 0 Å². The second-order valence-electron chi connectivity index (χ2n) is 8.82. The lowest BCUT2D eigenvalue weighted by molar-refractivity contribution is 0.418. The van der Waals surface area contributed by atoms with Crippen LogP contribution in [0.1, 0.15) is 127 Å². The Morgan fingerprint density at radius 2 is 1.37 bits per heavy atom. The van der Waals surface area contributed by atoms with Gasteiger partial charge in [-0.1, -0.05) is 131 Å². The Kier molecular flexibility index (Phi) is 36.5. The van der Waals surface area contributed by atoms with Gasteiger partial charge in [0.15, 0.2) is 0 Å². The molecule has 0 aromatic rings. The van der Waals surface area contributed by atoms with Gasteiger partial charge in [-0.15, -0.1) is 19.7 Å². The van der Waals surface area contributed by atoms with Crippen LogP contribution in [0.15, 0.2) is 50.1 Å². The van der Waals surface area contributed by atoms with Crippen molar-refractivity contribution >= 4 is 0 Å². The van der Waals surface area contributed by atoms with E-state index in [4.69, 9.17) is 0 Å². The van der Waals surface area contributed by atoms with Gasteiger partial charge in [0, 0.05) is 0 Å². The van der Waals surface area contributed by atoms with Crippen LogP contribution in [0, 0.1) is 17.3 Å². The molecule has 0 aliphatic heterocycles. The molecule has 0 aromatic heterocycles. The van der Waals surface area contributed by atoms with Crippen LogP contribution >= 0.6 is 0 Å². The molecular formula is C30H60. The highest BCUT2D eigenvalue weighted by Crippen LogP contribution is 2.20. The molecule has 0 N–H and O–H groups in total. The number of hydrogen-bond donors (Lipinski definition) is 0. The Hall–Kier alpha value is -1.04. The van der Waals surface area contributed by atoms with Crippen molar-refractivity contribution < 1.29 is 0 Å². The van der Waals surface area contributed by atoms with Crippen LogP contribution in [0.3, 0.4) is 0 Å². The second-order valence-corrected chi connectivity index (χ2v) is 8.82. The summed E-state index contributed by atoms with van der Waals surface area (Å²) in [4.78, 5) is 0. The molecule has 0 heterocycles. The lowest BCUT2D eigenvalue weighted by Crippen LogP contribution is -1.98. The molecule has 0 rings (SSSR count). The third-order valence-electron chi connectivity index (χ3n) is 4.86. The van der Waals surface area contributed by atoms with E-state index in [-0.39, 0.29) is 0 Å². The summed E-state index contributed by atoms with van der Waals surface area (Å²) >= 11 is 0. The third-order valence-corrected chi connectivity index (χ3v) is 4.86. The molecule has 0 spiro atoms. The van der Waals surface area contributed by atoms with Gasteiger partial charge in [-0.2, -0.15) is 0 Å². The van der Waals surface area contributed by atoms with E-state index in [0.29, 0.717) is 5.41 Å². The molecule has 0 bridgehead atoms. The van der Waals surface area contributed by atoms with Crippen molar-refractivity contribution in [2.45, 2.75) is 127 Å². The monoisotopic (exact) mass is 420 g/mol. The Labute approximate surface area is 194 Å². The van der Waals surface area contributed by atoms with Gasteiger partial charge >= 0.3 is 0 Å². The maximum absolute atomic E-state index is 3.66. The average Bonchev–Trinajstić information content (AvgIpc) is 2.75. The van der Waals surface area contributed by atoms with Crippen LogP contribution in [0.4, 0.5) is 0 Å². The molecule has 0 aromatic carbocycles. The topological polar surface area (TPSA) is 0 Å². The first kappa shape index (κ1) is 36.3. The van der Waals surface area contributed by atoms with Crippen LogP contribution in [0.25, 0.3) is 0 Å². The highest BCUT2D eigenvalue weighted by Gasteiger charge is 2.05. The smallest absolute Gasteiger partial charge is 0.0203 e. The van der Waals surface area contributed by atoms with E-state index in [1.165, 1.54) is 51.4 Å². The average molecular weight is 421 g/mol. The first-order valence-corrected chi connectivity index (χ1v) is 12.7. The zero-order valence-corrected chi connectivity index (χ0v) is 22.7. The summed E-state index contributed by atoms with van der Waals surface area (Å²) in [5.41, 5.74) is 0.334. The van der Waals surface area contributed by atoms with Crippen LogP contribution in [0.5, 0.6) is 0 Å². The molecule has 2 unspecified atom stereocenters. The van der Waals surface area contributed by atoms with Gasteiger partial charge in [0.05, 0.1) is 0 Å². The van der Waals surface area contributed by atoms with Crippen molar-refractivity contribution in [2.24, 2.45) is 17.3 Å². The lowest BCUT2D eigenvalue weighted by atomic mass is 9.93. The minimum Gasteiger partial charge on any atom is -0.106 e. The van der Waals surface area contributed by atoms with Gasteiger partial charge in [-0.25, -0.2) is 0 Å². The molecular weight excluding hydrogens is 360 g/mol. The Bertz CT molecular complexity index is 353. The lowest BCUT2D eigenvalue weighted by Gasteiger charge is -2.13. The molecule has 0 aliphatic rings. The highest BCUT2D eigenvalue weighted by atomic mass is 14.1. The fourth-order valence-electron chi connectivity index (χ4n) is 2.72. The van der Waals surface area contributed by atoms with Crippen molar-refractivity contribution in [3.05, 3.63) is 50.1 Å². The molecule has 0 radical (unpaired) electrons. The van der Waals surface area contributed by atoms with E-state index in [1.54, 1.807) is 0 Å². The first-order chi connectivity index (χ1) is 14.3. The summed E-state index contributed by atoms with van der Waals surface area (Å²) in [6, 6.07) is 0. The van der Waals surface area contributed by atoms with Crippen molar-refractivity contribution in [2.75, 3.05) is 0 Å². The van der Waals surface area contributed by atoms with Crippen molar-refractivity contribution in [3.8, 4) is 0 Å². The maximum Gasteiger partial charge on any atom is -0.0203 e. The SMILES string of the molecule is C=C.C=CCC/C=C/C(C)(C)C.CC.CC/C=C/CC(CC)CCCCC(C)CC. The summed E-state index contributed by atoms with van der Waals surface area (Å²) < 4.78 is 0. The van der Waals surface area contributed by atoms with E-state index in [1.807, 2.05) is 19.9 Å². The van der Waals surface area contributed by atoms with Crippen molar-refractivity contribution in [1.82, 2.24) is 0 Å². The maximum atomic E-state index is 3.66. The third kappa shape index (κ3) is 37.7. The van der Waals surface area contributed by atoms with Crippen molar-refractivity contribution in [3.63, 3.8) is 0 Å². The largest absolute Gasteiger partial charge is 0.106 e. The molecule has 0 aliphatic carbocycles. The zero-order valence-electron chi connectivity index (χ0n) is 22.7. The molecule has 0 nitrogen and oxygen atoms in total. The molecule has 0 heteroatoms. The van der Waals surface area contributed by atoms with E-state index >= 15 is 0 Å². The minimum atomic E-state index is 0.334. The highest BCUT2D eigenvalue weighted by molar-refractivity contribution is 4.92. The van der Waals surface area contributed by atoms with E-state index in [9.17, 15) is 0 Å². The van der Waals surface area contributed by atoms with Gasteiger partial charge in [-0.3, -0.25) is 0 Å². The summed E-state index contributed by atoms with van der Waals surface area (Å²) in [6.45, 7) is 29.5. The van der Waals surface area contributed by atoms with Gasteiger partial charge in [0.2, 0.25) is 0 Å². The Morgan fingerprint density at radius 3 is 1.80 bits per heavy atom. The van der Waals surface area contributed by atoms with E-state index in [0.717, 1.165) is 24.7 Å². The Balaban J connectivity index is -0.000000207. The Morgan fingerprint density at radius 1 is 0.800 bits per heavy atom. The van der Waals surface area contributed by atoms with Crippen LogP contribution in [0.2, 0.25) is 0 Å². The van der Waals surface area contributed by atoms with Gasteiger partial charge in [-0.05, 0) is 42.9 Å². The number of hydrogen-bond acceptors (Lipinski definition) is 0. The molecule has 0 fully saturated rings. The quantitative estimate of drug-likeness (QED) is 0.205. The fourth-order valence-corrected chi connectivity index (χ4v) is 2.72. The zero-order chi connectivity index (χ0) is 24.3. The number of allylic oxidation sites excluding steroid dienone is 5. The predicted molar refractivity (Wildman–Crippen MR) is 146 cm³/mol. The molecule has 0 saturated carbocycles. The number of rotatable bonds is 13. The van der Waals surface area contributed by atoms with E-state index < -0.39 is 0 Å². The number of unbranched alkanes of at least 4 members (excludes halogenated alkanes) is 2. The predicted octanol–water partition coefficient (Wildman–Crippen LogP) is 11.4. The summed E-state index contributed by atoms with van der Waals surface area (Å²) in [5.74, 6) is 1.86. The molecule has 0 saturated heterocycles. The molecule has 2 atom stereocenters. The van der Waals surface area contributed by atoms with Crippen LogP contribution in [-0.4, -0.2) is 0 Å². The first-order valence-electron chi connectivity index (χ1n) is 12.7. The normalized spacial score (nSPS) is 12.7. The van der Waals surface area contributed by atoms with Crippen LogP contribution < -0.4 is 0 Å². The summed E-state index contributed by atoms with van der Waals surface area (Å²) in [7, 11) is 0. The summed E-state index contributed by atoms with van der Waals surface area (Å²) in [5, 5.41) is 0. The van der Waals surface area contributed by atoms with Gasteiger partial charge in [0.1, 0.15) is 0 Å². The van der Waals surface area contributed by atoms with E-state index in [2.05, 4.69) is 92.5 Å². The summed E-state index contributed by atoms with van der Waals surface area (Å²) in [6.07, 6.45) is 24.2. The molecule has 0 amide bonds.